The summed E-state index contributed by atoms with van der Waals surface area (Å²) in [6.07, 6.45) is 2.57. The van der Waals surface area contributed by atoms with Crippen molar-refractivity contribution in [3.05, 3.63) is 47.9 Å². The number of aromatic hydroxyl groups is 1. The first-order valence-electron chi connectivity index (χ1n) is 5.71. The summed E-state index contributed by atoms with van der Waals surface area (Å²) in [6.45, 7) is -0.257. The smallest absolute Gasteiger partial charge is 0.258 e. The normalized spacial score (nSPS) is 9.45. The monoisotopic (exact) mass is 269 g/mol. The van der Waals surface area contributed by atoms with Gasteiger partial charge in [-0.3, -0.25) is 9.78 Å². The molecule has 0 spiro atoms. The minimum absolute atomic E-state index is 0.0897. The van der Waals surface area contributed by atoms with Gasteiger partial charge in [0.2, 0.25) is 0 Å². The topological polar surface area (TPSA) is 95.3 Å². The van der Waals surface area contributed by atoms with Crippen molar-refractivity contribution in [2.45, 2.75) is 0 Å². The molecule has 0 aromatic carbocycles. The fourth-order valence-corrected chi connectivity index (χ4v) is 1.44. The first kappa shape index (κ1) is 13.5. The van der Waals surface area contributed by atoms with E-state index in [0.29, 0.717) is 11.5 Å². The Labute approximate surface area is 115 Å². The van der Waals surface area contributed by atoms with Gasteiger partial charge >= 0.3 is 0 Å². The van der Waals surface area contributed by atoms with Crippen LogP contribution in [0.15, 0.2) is 36.7 Å². The molecule has 2 heterocycles. The number of aliphatic hydroxyl groups excluding tert-OH is 1. The predicted octanol–water partition coefficient (Wildman–Crippen LogP) is 0.778. The van der Waals surface area contributed by atoms with E-state index in [9.17, 15) is 9.90 Å². The van der Waals surface area contributed by atoms with Gasteiger partial charge < -0.3 is 15.5 Å². The predicted molar refractivity (Wildman–Crippen MR) is 72.1 cm³/mol. The number of amides is 1. The Hall–Kier alpha value is -2.91. The zero-order valence-corrected chi connectivity index (χ0v) is 10.4. The average Bonchev–Trinajstić information content (AvgIpc) is 2.45. The Morgan fingerprint density at radius 1 is 1.35 bits per heavy atom. The van der Waals surface area contributed by atoms with Crippen molar-refractivity contribution in [3.63, 3.8) is 0 Å². The maximum Gasteiger partial charge on any atom is 0.258 e. The van der Waals surface area contributed by atoms with Crippen molar-refractivity contribution in [1.29, 1.82) is 0 Å². The molecule has 0 fully saturated rings. The third kappa shape index (κ3) is 3.54. The number of nitrogens with one attached hydrogen (secondary N) is 1. The number of carbonyl (C=O) groups excluding carboxylic acids is 1. The summed E-state index contributed by atoms with van der Waals surface area (Å²) in [5, 5.41) is 20.5. The largest absolute Gasteiger partial charge is 0.506 e. The van der Waals surface area contributed by atoms with Gasteiger partial charge in [-0.25, -0.2) is 4.98 Å². The van der Waals surface area contributed by atoms with Gasteiger partial charge in [-0.1, -0.05) is 12.0 Å². The van der Waals surface area contributed by atoms with Crippen molar-refractivity contribution >= 4 is 11.7 Å². The van der Waals surface area contributed by atoms with E-state index in [1.54, 1.807) is 18.2 Å². The molecule has 0 unspecified atom stereocenters. The molecule has 0 aliphatic rings. The van der Waals surface area contributed by atoms with Gasteiger partial charge in [0.15, 0.2) is 0 Å². The molecule has 0 saturated heterocycles. The number of aromatic nitrogens is 2. The summed E-state index contributed by atoms with van der Waals surface area (Å²) >= 11 is 0. The van der Waals surface area contributed by atoms with E-state index in [0.717, 1.165) is 0 Å². The SMILES string of the molecule is O=C(Nc1cccc(C#CCO)n1)c1cncc(O)c1. The molecule has 2 aromatic rings. The highest BCUT2D eigenvalue weighted by Crippen LogP contribution is 2.11. The Bertz CT molecular complexity index is 689. The number of carbonyl (C=O) groups is 1. The van der Waals surface area contributed by atoms with Gasteiger partial charge in [-0.05, 0) is 24.1 Å². The maximum atomic E-state index is 11.9. The molecule has 1 amide bonds. The van der Waals surface area contributed by atoms with Crippen LogP contribution in [0.3, 0.4) is 0 Å². The molecule has 6 nitrogen and oxygen atoms in total. The van der Waals surface area contributed by atoms with Crippen LogP contribution in [-0.4, -0.2) is 32.7 Å². The van der Waals surface area contributed by atoms with Crippen molar-refractivity contribution in [2.24, 2.45) is 0 Å². The maximum absolute atomic E-state index is 11.9. The van der Waals surface area contributed by atoms with E-state index < -0.39 is 5.91 Å². The summed E-state index contributed by atoms with van der Waals surface area (Å²) < 4.78 is 0. The zero-order chi connectivity index (χ0) is 14.4. The summed E-state index contributed by atoms with van der Waals surface area (Å²) in [5.41, 5.74) is 0.657. The van der Waals surface area contributed by atoms with Crippen LogP contribution in [0.2, 0.25) is 0 Å². The number of nitrogens with zero attached hydrogens (tertiary/aromatic N) is 2. The van der Waals surface area contributed by atoms with Crippen LogP contribution in [0.1, 0.15) is 16.1 Å². The van der Waals surface area contributed by atoms with Gasteiger partial charge in [0, 0.05) is 6.20 Å². The second-order valence-electron chi connectivity index (χ2n) is 3.75. The third-order valence-corrected chi connectivity index (χ3v) is 2.27. The van der Waals surface area contributed by atoms with Gasteiger partial charge in [0.25, 0.3) is 5.91 Å². The molecule has 0 radical (unpaired) electrons. The molecule has 6 heteroatoms. The first-order chi connectivity index (χ1) is 9.69. The molecular formula is C14H11N3O3. The van der Waals surface area contributed by atoms with Crippen LogP contribution in [0.5, 0.6) is 5.75 Å². The zero-order valence-electron chi connectivity index (χ0n) is 10.4. The summed E-state index contributed by atoms with van der Waals surface area (Å²) in [4.78, 5) is 19.7. The summed E-state index contributed by atoms with van der Waals surface area (Å²) in [5.74, 6) is 4.91. The van der Waals surface area contributed by atoms with Crippen molar-refractivity contribution < 1.29 is 15.0 Å². The molecule has 0 aliphatic heterocycles. The molecule has 0 saturated carbocycles. The fourth-order valence-electron chi connectivity index (χ4n) is 1.44. The van der Waals surface area contributed by atoms with Crippen molar-refractivity contribution in [2.75, 3.05) is 11.9 Å². The molecule has 0 bridgehead atoms. The van der Waals surface area contributed by atoms with Crippen LogP contribution in [-0.2, 0) is 0 Å². The third-order valence-electron chi connectivity index (χ3n) is 2.27. The average molecular weight is 269 g/mol. The highest BCUT2D eigenvalue weighted by atomic mass is 16.3. The fraction of sp³-hybridized carbons (Fsp3) is 0.0714. The molecule has 0 atom stereocenters. The van der Waals surface area contributed by atoms with Crippen molar-refractivity contribution in [3.8, 4) is 17.6 Å². The van der Waals surface area contributed by atoms with E-state index >= 15 is 0 Å². The number of rotatable bonds is 2. The lowest BCUT2D eigenvalue weighted by atomic mass is 10.2. The molecule has 100 valence electrons. The lowest BCUT2D eigenvalue weighted by Crippen LogP contribution is -2.13. The van der Waals surface area contributed by atoms with Crippen LogP contribution < -0.4 is 5.32 Å². The molecular weight excluding hydrogens is 258 g/mol. The van der Waals surface area contributed by atoms with Gasteiger partial charge in [0.05, 0.1) is 11.8 Å². The Balaban J connectivity index is 2.15. The molecule has 2 aromatic heterocycles. The minimum atomic E-state index is -0.437. The van der Waals surface area contributed by atoms with Crippen LogP contribution in [0.25, 0.3) is 0 Å². The number of aliphatic hydroxyl groups is 1. The quantitative estimate of drug-likeness (QED) is 0.700. The number of anilines is 1. The second kappa shape index (κ2) is 6.31. The number of hydrogen-bond donors (Lipinski definition) is 3. The Kier molecular flexibility index (Phi) is 4.27. The van der Waals surface area contributed by atoms with E-state index in [1.807, 2.05) is 0 Å². The molecule has 3 N–H and O–H groups in total. The number of pyridine rings is 2. The van der Waals surface area contributed by atoms with Gasteiger partial charge in [-0.15, -0.1) is 0 Å². The Morgan fingerprint density at radius 2 is 2.20 bits per heavy atom. The van der Waals surface area contributed by atoms with Crippen LogP contribution >= 0.6 is 0 Å². The number of hydrogen-bond acceptors (Lipinski definition) is 5. The lowest BCUT2D eigenvalue weighted by Gasteiger charge is -2.04. The van der Waals surface area contributed by atoms with E-state index in [-0.39, 0.29) is 17.9 Å². The Morgan fingerprint density at radius 3 is 2.95 bits per heavy atom. The second-order valence-corrected chi connectivity index (χ2v) is 3.75. The highest BCUT2D eigenvalue weighted by molar-refractivity contribution is 6.03. The molecule has 20 heavy (non-hydrogen) atoms. The lowest BCUT2D eigenvalue weighted by molar-refractivity contribution is 0.102. The molecule has 0 aliphatic carbocycles. The first-order valence-corrected chi connectivity index (χ1v) is 5.71. The summed E-state index contributed by atoms with van der Waals surface area (Å²) in [7, 11) is 0. The van der Waals surface area contributed by atoms with Gasteiger partial charge in [-0.2, -0.15) is 0 Å². The van der Waals surface area contributed by atoms with Gasteiger partial charge in [0.1, 0.15) is 23.9 Å². The van der Waals surface area contributed by atoms with Crippen LogP contribution in [0, 0.1) is 11.8 Å². The van der Waals surface area contributed by atoms with Crippen LogP contribution in [0.4, 0.5) is 5.82 Å². The standard InChI is InChI=1S/C14H11N3O3/c18-6-2-4-11-3-1-5-13(16-11)17-14(20)10-7-12(19)9-15-8-10/h1,3,5,7-9,18-19H,6H2,(H,16,17,20). The minimum Gasteiger partial charge on any atom is -0.506 e. The van der Waals surface area contributed by atoms with Crippen molar-refractivity contribution in [1.82, 2.24) is 9.97 Å². The van der Waals surface area contributed by atoms with E-state index in [2.05, 4.69) is 27.1 Å². The highest BCUT2D eigenvalue weighted by Gasteiger charge is 2.08. The van der Waals surface area contributed by atoms with E-state index in [4.69, 9.17) is 5.11 Å². The molecule has 2 rings (SSSR count). The van der Waals surface area contributed by atoms with E-state index in [1.165, 1.54) is 18.5 Å². The summed E-state index contributed by atoms with van der Waals surface area (Å²) in [6, 6.07) is 6.26.